The van der Waals surface area contributed by atoms with Gasteiger partial charge in [-0.1, -0.05) is 17.9 Å². The Morgan fingerprint density at radius 3 is 2.83 bits per heavy atom. The highest BCUT2D eigenvalue weighted by atomic mass is 32.2. The summed E-state index contributed by atoms with van der Waals surface area (Å²) in [6.45, 7) is 2.75. The van der Waals surface area contributed by atoms with Crippen molar-refractivity contribution < 1.29 is 8.42 Å². The zero-order valence-electron chi connectivity index (χ0n) is 10.3. The van der Waals surface area contributed by atoms with Crippen LogP contribution >= 0.6 is 0 Å². The van der Waals surface area contributed by atoms with Gasteiger partial charge in [0, 0.05) is 12.1 Å². The molecule has 0 spiro atoms. The van der Waals surface area contributed by atoms with Gasteiger partial charge >= 0.3 is 0 Å². The topological polar surface area (TPSA) is 63.4 Å². The van der Waals surface area contributed by atoms with E-state index in [0.29, 0.717) is 18.7 Å². The van der Waals surface area contributed by atoms with Crippen LogP contribution in [0.15, 0.2) is 18.2 Å². The monoisotopic (exact) mass is 264 g/mol. The fourth-order valence-electron chi connectivity index (χ4n) is 2.02. The number of anilines is 1. The Balaban J connectivity index is 2.50. The predicted molar refractivity (Wildman–Crippen MR) is 72.9 cm³/mol. The lowest BCUT2D eigenvalue weighted by atomic mass is 10.1. The molecule has 4 nitrogen and oxygen atoms in total. The highest BCUT2D eigenvalue weighted by Gasteiger charge is 2.29. The van der Waals surface area contributed by atoms with Crippen LogP contribution in [0.25, 0.3) is 0 Å². The largest absolute Gasteiger partial charge is 0.320 e. The normalized spacial score (nSPS) is 17.3. The third kappa shape index (κ3) is 2.50. The molecule has 0 bridgehead atoms. The third-order valence-corrected chi connectivity index (χ3v) is 4.70. The van der Waals surface area contributed by atoms with Crippen molar-refractivity contribution in [2.45, 2.75) is 13.3 Å². The van der Waals surface area contributed by atoms with E-state index in [1.54, 1.807) is 0 Å². The molecule has 1 heterocycles. The van der Waals surface area contributed by atoms with Crippen molar-refractivity contribution >= 4 is 15.7 Å². The number of hydrogen-bond donors (Lipinski definition) is 1. The van der Waals surface area contributed by atoms with E-state index in [-0.39, 0.29) is 12.3 Å². The first-order valence-electron chi connectivity index (χ1n) is 5.84. The number of nitrogens with zero attached hydrogens (tertiary/aromatic N) is 1. The minimum Gasteiger partial charge on any atom is -0.320 e. The average Bonchev–Trinajstić information content (AvgIpc) is 2.66. The summed E-state index contributed by atoms with van der Waals surface area (Å²) >= 11 is 0. The van der Waals surface area contributed by atoms with Gasteiger partial charge in [-0.3, -0.25) is 4.31 Å². The van der Waals surface area contributed by atoms with Crippen molar-refractivity contribution in [3.63, 3.8) is 0 Å². The Morgan fingerprint density at radius 2 is 2.22 bits per heavy atom. The summed E-state index contributed by atoms with van der Waals surface area (Å²) in [7, 11) is -3.17. The van der Waals surface area contributed by atoms with Gasteiger partial charge in [0.1, 0.15) is 0 Å². The lowest BCUT2D eigenvalue weighted by Crippen LogP contribution is -2.25. The molecule has 0 aromatic heterocycles. The molecule has 1 saturated heterocycles. The van der Waals surface area contributed by atoms with Crippen molar-refractivity contribution in [2.75, 3.05) is 23.1 Å². The van der Waals surface area contributed by atoms with E-state index in [0.717, 1.165) is 11.1 Å². The van der Waals surface area contributed by atoms with Crippen LogP contribution in [0, 0.1) is 18.8 Å². The number of rotatable bonds is 1. The lowest BCUT2D eigenvalue weighted by molar-refractivity contribution is 0.599. The minimum absolute atomic E-state index is 0.213. The summed E-state index contributed by atoms with van der Waals surface area (Å²) < 4.78 is 25.3. The average molecular weight is 264 g/mol. The molecule has 2 N–H and O–H groups in total. The molecule has 0 radical (unpaired) electrons. The molecule has 1 aromatic rings. The second kappa shape index (κ2) is 5.01. The molecule has 1 aliphatic rings. The van der Waals surface area contributed by atoms with E-state index in [9.17, 15) is 8.42 Å². The SMILES string of the molecule is Cc1ccc(N2CCCS2(=O)=O)c(C#CCN)c1. The smallest absolute Gasteiger partial charge is 0.235 e. The van der Waals surface area contributed by atoms with Gasteiger partial charge in [0.15, 0.2) is 0 Å². The van der Waals surface area contributed by atoms with E-state index in [1.807, 2.05) is 25.1 Å². The molecule has 0 aliphatic carbocycles. The maximum Gasteiger partial charge on any atom is 0.235 e. The molecular weight excluding hydrogens is 248 g/mol. The van der Waals surface area contributed by atoms with Crippen molar-refractivity contribution in [1.82, 2.24) is 0 Å². The molecule has 1 aromatic carbocycles. The Hall–Kier alpha value is -1.51. The zero-order chi connectivity index (χ0) is 13.2. The molecule has 0 saturated carbocycles. The van der Waals surface area contributed by atoms with Gasteiger partial charge in [0.25, 0.3) is 0 Å². The highest BCUT2D eigenvalue weighted by molar-refractivity contribution is 7.93. The summed E-state index contributed by atoms with van der Waals surface area (Å²) in [4.78, 5) is 0. The molecule has 0 unspecified atom stereocenters. The van der Waals surface area contributed by atoms with Gasteiger partial charge in [-0.15, -0.1) is 0 Å². The number of hydrogen-bond acceptors (Lipinski definition) is 3. The number of sulfonamides is 1. The number of benzene rings is 1. The molecular formula is C13H16N2O2S. The molecule has 0 atom stereocenters. The summed E-state index contributed by atoms with van der Waals surface area (Å²) in [6, 6.07) is 5.61. The Morgan fingerprint density at radius 1 is 1.44 bits per heavy atom. The Bertz CT molecular complexity index is 612. The van der Waals surface area contributed by atoms with Gasteiger partial charge < -0.3 is 5.73 Å². The maximum atomic E-state index is 11.9. The summed E-state index contributed by atoms with van der Waals surface area (Å²) in [5.41, 5.74) is 7.81. The second-order valence-corrected chi connectivity index (χ2v) is 6.28. The maximum absolute atomic E-state index is 11.9. The minimum atomic E-state index is -3.17. The third-order valence-electron chi connectivity index (χ3n) is 2.85. The van der Waals surface area contributed by atoms with E-state index in [4.69, 9.17) is 5.73 Å². The van der Waals surface area contributed by atoms with Crippen molar-refractivity contribution in [1.29, 1.82) is 0 Å². The molecule has 0 amide bonds. The fraction of sp³-hybridized carbons (Fsp3) is 0.385. The van der Waals surface area contributed by atoms with E-state index >= 15 is 0 Å². The molecule has 1 fully saturated rings. The van der Waals surface area contributed by atoms with Crippen LogP contribution in [0.4, 0.5) is 5.69 Å². The zero-order valence-corrected chi connectivity index (χ0v) is 11.1. The van der Waals surface area contributed by atoms with Crippen LogP contribution in [0.1, 0.15) is 17.5 Å². The predicted octanol–water partition coefficient (Wildman–Crippen LogP) is 0.845. The van der Waals surface area contributed by atoms with Gasteiger partial charge in [-0.05, 0) is 31.0 Å². The molecule has 18 heavy (non-hydrogen) atoms. The van der Waals surface area contributed by atoms with Gasteiger partial charge in [-0.2, -0.15) is 0 Å². The van der Waals surface area contributed by atoms with Gasteiger partial charge in [0.05, 0.1) is 18.0 Å². The molecule has 5 heteroatoms. The van der Waals surface area contributed by atoms with Crippen LogP contribution in [0.5, 0.6) is 0 Å². The van der Waals surface area contributed by atoms with Crippen LogP contribution in [-0.2, 0) is 10.0 Å². The Labute approximate surface area is 108 Å². The Kier molecular flexibility index (Phi) is 3.60. The standard InChI is InChI=1S/C13H16N2O2S/c1-11-5-6-13(12(10-11)4-2-7-14)15-8-3-9-18(15,16)17/h5-6,10H,3,7-9,14H2,1H3. The lowest BCUT2D eigenvalue weighted by Gasteiger charge is -2.18. The first-order chi connectivity index (χ1) is 8.54. The van der Waals surface area contributed by atoms with Crippen molar-refractivity contribution in [3.8, 4) is 11.8 Å². The first-order valence-corrected chi connectivity index (χ1v) is 7.45. The van der Waals surface area contributed by atoms with Crippen molar-refractivity contribution in [2.24, 2.45) is 5.73 Å². The number of nitrogens with two attached hydrogens (primary N) is 1. The molecule has 96 valence electrons. The van der Waals surface area contributed by atoms with Crippen LogP contribution in [0.2, 0.25) is 0 Å². The van der Waals surface area contributed by atoms with E-state index in [2.05, 4.69) is 11.8 Å². The van der Waals surface area contributed by atoms with E-state index in [1.165, 1.54) is 4.31 Å². The van der Waals surface area contributed by atoms with Crippen LogP contribution in [-0.4, -0.2) is 27.3 Å². The van der Waals surface area contributed by atoms with Gasteiger partial charge in [-0.25, -0.2) is 8.42 Å². The molecule has 1 aliphatic heterocycles. The highest BCUT2D eigenvalue weighted by Crippen LogP contribution is 2.27. The van der Waals surface area contributed by atoms with Crippen LogP contribution < -0.4 is 10.0 Å². The van der Waals surface area contributed by atoms with E-state index < -0.39 is 10.0 Å². The molecule has 2 rings (SSSR count). The number of aryl methyl sites for hydroxylation is 1. The summed E-state index contributed by atoms with van der Waals surface area (Å²) in [6.07, 6.45) is 0.667. The quantitative estimate of drug-likeness (QED) is 0.765. The second-order valence-electron chi connectivity index (χ2n) is 4.27. The van der Waals surface area contributed by atoms with Crippen molar-refractivity contribution in [3.05, 3.63) is 29.3 Å². The summed E-state index contributed by atoms with van der Waals surface area (Å²) in [5, 5.41) is 0. The fourth-order valence-corrected chi connectivity index (χ4v) is 3.60. The summed E-state index contributed by atoms with van der Waals surface area (Å²) in [5.74, 6) is 5.94. The van der Waals surface area contributed by atoms with Gasteiger partial charge in [0.2, 0.25) is 10.0 Å². The van der Waals surface area contributed by atoms with Crippen LogP contribution in [0.3, 0.4) is 0 Å². The first kappa shape index (κ1) is 12.9.